The largest absolute Gasteiger partial charge is 0.484 e. The van der Waals surface area contributed by atoms with Crippen LogP contribution in [0.15, 0.2) is 72.8 Å². The Morgan fingerprint density at radius 3 is 2.41 bits per heavy atom. The van der Waals surface area contributed by atoms with Crippen molar-refractivity contribution in [2.75, 3.05) is 25.0 Å². The number of rotatable bonds is 5. The van der Waals surface area contributed by atoms with Gasteiger partial charge in [-0.15, -0.1) is 0 Å². The third-order valence-corrected chi connectivity index (χ3v) is 5.08. The van der Waals surface area contributed by atoms with Crippen molar-refractivity contribution in [3.63, 3.8) is 0 Å². The minimum Gasteiger partial charge on any atom is -0.484 e. The molecule has 0 aliphatic carbocycles. The van der Waals surface area contributed by atoms with E-state index >= 15 is 0 Å². The molecule has 1 heterocycles. The maximum absolute atomic E-state index is 12.5. The molecular weight excluding hydrogens is 336 g/mol. The minimum atomic E-state index is 0.0568. The molecule has 0 radical (unpaired) electrons. The quantitative estimate of drug-likeness (QED) is 0.737. The van der Waals surface area contributed by atoms with Crippen LogP contribution < -0.4 is 10.1 Å². The molecule has 0 saturated carbocycles. The molecule has 0 unspecified atom stereocenters. The molecular formula is C23H24N2O2. The molecule has 27 heavy (non-hydrogen) atoms. The second-order valence-corrected chi connectivity index (χ2v) is 6.96. The molecule has 0 spiro atoms. The van der Waals surface area contributed by atoms with Crippen LogP contribution in [0.2, 0.25) is 0 Å². The van der Waals surface area contributed by atoms with Crippen LogP contribution in [0.4, 0.5) is 5.69 Å². The number of anilines is 1. The van der Waals surface area contributed by atoms with Gasteiger partial charge in [-0.2, -0.15) is 0 Å². The van der Waals surface area contributed by atoms with Crippen molar-refractivity contribution >= 4 is 22.4 Å². The van der Waals surface area contributed by atoms with Gasteiger partial charge in [0.15, 0.2) is 6.61 Å². The van der Waals surface area contributed by atoms with Crippen molar-refractivity contribution in [1.82, 2.24) is 4.90 Å². The number of nitrogens with one attached hydrogen (secondary N) is 1. The van der Waals surface area contributed by atoms with Crippen LogP contribution >= 0.6 is 0 Å². The lowest BCUT2D eigenvalue weighted by molar-refractivity contribution is -0.134. The number of hydrogen-bond donors (Lipinski definition) is 1. The van der Waals surface area contributed by atoms with E-state index < -0.39 is 0 Å². The number of para-hydroxylation sites is 1. The van der Waals surface area contributed by atoms with E-state index in [-0.39, 0.29) is 12.5 Å². The summed E-state index contributed by atoms with van der Waals surface area (Å²) in [6, 6.07) is 24.7. The Morgan fingerprint density at radius 2 is 1.63 bits per heavy atom. The number of carbonyl (C=O) groups excluding carboxylic acids is 1. The third kappa shape index (κ3) is 4.40. The van der Waals surface area contributed by atoms with Gasteiger partial charge in [0.25, 0.3) is 5.91 Å². The second-order valence-electron chi connectivity index (χ2n) is 6.96. The Labute approximate surface area is 159 Å². The van der Waals surface area contributed by atoms with Gasteiger partial charge >= 0.3 is 0 Å². The summed E-state index contributed by atoms with van der Waals surface area (Å²) in [7, 11) is 0. The van der Waals surface area contributed by atoms with Crippen molar-refractivity contribution in [2.24, 2.45) is 0 Å². The SMILES string of the molecule is O=C(COc1ccc2ccccc2c1)N1CCC(Nc2ccccc2)CC1. The highest BCUT2D eigenvalue weighted by atomic mass is 16.5. The fourth-order valence-corrected chi connectivity index (χ4v) is 3.54. The fraction of sp³-hybridized carbons (Fsp3) is 0.261. The molecule has 0 bridgehead atoms. The molecule has 1 saturated heterocycles. The Morgan fingerprint density at radius 1 is 0.926 bits per heavy atom. The van der Waals surface area contributed by atoms with Crippen molar-refractivity contribution < 1.29 is 9.53 Å². The number of piperidine rings is 1. The molecule has 1 aliphatic rings. The van der Waals surface area contributed by atoms with E-state index in [1.807, 2.05) is 53.4 Å². The predicted octanol–water partition coefficient (Wildman–Crippen LogP) is 4.32. The average Bonchev–Trinajstić information content (AvgIpc) is 2.73. The van der Waals surface area contributed by atoms with Crippen LogP contribution in [-0.4, -0.2) is 36.5 Å². The first-order chi connectivity index (χ1) is 13.3. The van der Waals surface area contributed by atoms with Gasteiger partial charge in [-0.25, -0.2) is 0 Å². The van der Waals surface area contributed by atoms with Gasteiger partial charge in [-0.05, 0) is 47.9 Å². The van der Waals surface area contributed by atoms with Gasteiger partial charge in [-0.3, -0.25) is 4.79 Å². The molecule has 3 aromatic carbocycles. The standard InChI is InChI=1S/C23H24N2O2/c26-23(17-27-22-11-10-18-6-4-5-7-19(18)16-22)25-14-12-21(13-15-25)24-20-8-2-1-3-9-20/h1-11,16,21,24H,12-15,17H2. The van der Waals surface area contributed by atoms with Crippen LogP contribution in [0.1, 0.15) is 12.8 Å². The topological polar surface area (TPSA) is 41.6 Å². The molecule has 0 atom stereocenters. The lowest BCUT2D eigenvalue weighted by Gasteiger charge is -2.32. The number of benzene rings is 3. The van der Waals surface area contributed by atoms with Crippen molar-refractivity contribution in [1.29, 1.82) is 0 Å². The van der Waals surface area contributed by atoms with Crippen molar-refractivity contribution in [3.8, 4) is 5.75 Å². The first-order valence-corrected chi connectivity index (χ1v) is 9.49. The van der Waals surface area contributed by atoms with Gasteiger partial charge in [0.2, 0.25) is 0 Å². The minimum absolute atomic E-state index is 0.0568. The monoisotopic (exact) mass is 360 g/mol. The highest BCUT2D eigenvalue weighted by molar-refractivity contribution is 5.84. The molecule has 0 aromatic heterocycles. The van der Waals surface area contributed by atoms with Crippen molar-refractivity contribution in [3.05, 3.63) is 72.8 Å². The number of fused-ring (bicyclic) bond motifs is 1. The molecule has 1 aliphatic heterocycles. The summed E-state index contributed by atoms with van der Waals surface area (Å²) in [4.78, 5) is 14.4. The van der Waals surface area contributed by atoms with E-state index in [0.717, 1.165) is 42.8 Å². The Balaban J connectivity index is 1.26. The Hall–Kier alpha value is -3.01. The lowest BCUT2D eigenvalue weighted by Crippen LogP contribution is -2.44. The van der Waals surface area contributed by atoms with Crippen LogP contribution in [0.5, 0.6) is 5.75 Å². The predicted molar refractivity (Wildman–Crippen MR) is 109 cm³/mol. The zero-order valence-electron chi connectivity index (χ0n) is 15.3. The van der Waals surface area contributed by atoms with E-state index in [0.29, 0.717) is 6.04 Å². The Kier molecular flexibility index (Phi) is 5.24. The maximum atomic E-state index is 12.5. The number of likely N-dealkylation sites (tertiary alicyclic amines) is 1. The van der Waals surface area contributed by atoms with Crippen molar-refractivity contribution in [2.45, 2.75) is 18.9 Å². The average molecular weight is 360 g/mol. The zero-order valence-corrected chi connectivity index (χ0v) is 15.3. The van der Waals surface area contributed by atoms with E-state index in [1.165, 1.54) is 5.39 Å². The van der Waals surface area contributed by atoms with E-state index in [9.17, 15) is 4.79 Å². The summed E-state index contributed by atoms with van der Waals surface area (Å²) >= 11 is 0. The highest BCUT2D eigenvalue weighted by Crippen LogP contribution is 2.21. The van der Waals surface area contributed by atoms with Gasteiger partial charge in [0, 0.05) is 24.8 Å². The molecule has 3 aromatic rings. The summed E-state index contributed by atoms with van der Waals surface area (Å²) in [5.41, 5.74) is 1.14. The number of amides is 1. The first-order valence-electron chi connectivity index (χ1n) is 9.49. The number of hydrogen-bond acceptors (Lipinski definition) is 3. The number of ether oxygens (including phenoxy) is 1. The highest BCUT2D eigenvalue weighted by Gasteiger charge is 2.22. The molecule has 4 heteroatoms. The summed E-state index contributed by atoms with van der Waals surface area (Å²) < 4.78 is 5.74. The van der Waals surface area contributed by atoms with Gasteiger partial charge in [0.1, 0.15) is 5.75 Å². The number of nitrogens with zero attached hydrogens (tertiary/aromatic N) is 1. The van der Waals surface area contributed by atoms with Gasteiger partial charge in [0.05, 0.1) is 0 Å². The molecule has 1 N–H and O–H groups in total. The molecule has 138 valence electrons. The molecule has 4 rings (SSSR count). The summed E-state index contributed by atoms with van der Waals surface area (Å²) in [5, 5.41) is 5.84. The molecule has 1 amide bonds. The smallest absolute Gasteiger partial charge is 0.260 e. The molecule has 4 nitrogen and oxygen atoms in total. The first kappa shape index (κ1) is 17.4. The second kappa shape index (κ2) is 8.12. The van der Waals surface area contributed by atoms with Crippen LogP contribution in [0.25, 0.3) is 10.8 Å². The van der Waals surface area contributed by atoms with Crippen LogP contribution in [0.3, 0.4) is 0 Å². The van der Waals surface area contributed by atoms with Gasteiger partial charge < -0.3 is 15.0 Å². The van der Waals surface area contributed by atoms with Crippen LogP contribution in [-0.2, 0) is 4.79 Å². The maximum Gasteiger partial charge on any atom is 0.260 e. The van der Waals surface area contributed by atoms with E-state index in [4.69, 9.17) is 4.74 Å². The van der Waals surface area contributed by atoms with Crippen LogP contribution in [0, 0.1) is 0 Å². The lowest BCUT2D eigenvalue weighted by atomic mass is 10.0. The third-order valence-electron chi connectivity index (χ3n) is 5.08. The fourth-order valence-electron chi connectivity index (χ4n) is 3.54. The zero-order chi connectivity index (χ0) is 18.5. The summed E-state index contributed by atoms with van der Waals surface area (Å²) in [6.45, 7) is 1.63. The van der Waals surface area contributed by atoms with E-state index in [1.54, 1.807) is 0 Å². The normalized spacial score (nSPS) is 14.9. The summed E-state index contributed by atoms with van der Waals surface area (Å²) in [6.07, 6.45) is 1.91. The molecule has 1 fully saturated rings. The number of carbonyl (C=O) groups is 1. The Bertz CT molecular complexity index is 902. The summed E-state index contributed by atoms with van der Waals surface area (Å²) in [5.74, 6) is 0.795. The van der Waals surface area contributed by atoms with E-state index in [2.05, 4.69) is 29.6 Å². The van der Waals surface area contributed by atoms with Gasteiger partial charge in [-0.1, -0.05) is 48.5 Å².